The molecule has 0 bridgehead atoms. The van der Waals surface area contributed by atoms with Crippen molar-refractivity contribution in [1.29, 1.82) is 0 Å². The molecule has 1 aromatic heterocycles. The third kappa shape index (κ3) is 5.19. The standard InChI is InChI=1S/C19H25N5O2S/c1-14(2)13-21-17(25)15-3-5-16(6-4-15)22-18(26)23-8-10-24(11-9-23)19-20-7-12-27-19/h3-7,12,14H,8-11,13H2,1-2H3,(H,21,25)(H,22,26). The van der Waals surface area contributed by atoms with Crippen molar-refractivity contribution in [3.8, 4) is 0 Å². The van der Waals surface area contributed by atoms with Crippen molar-refractivity contribution in [1.82, 2.24) is 15.2 Å². The summed E-state index contributed by atoms with van der Waals surface area (Å²) in [6.45, 7) is 7.60. The molecule has 8 heteroatoms. The molecule has 0 unspecified atom stereocenters. The van der Waals surface area contributed by atoms with Crippen LogP contribution in [0, 0.1) is 5.92 Å². The number of thiazole rings is 1. The smallest absolute Gasteiger partial charge is 0.321 e. The first kappa shape index (κ1) is 19.2. The lowest BCUT2D eigenvalue weighted by atomic mass is 10.1. The van der Waals surface area contributed by atoms with Crippen molar-refractivity contribution in [3.63, 3.8) is 0 Å². The molecule has 0 spiro atoms. The van der Waals surface area contributed by atoms with E-state index in [1.165, 1.54) is 0 Å². The quantitative estimate of drug-likeness (QED) is 0.827. The van der Waals surface area contributed by atoms with Crippen LogP contribution in [-0.2, 0) is 0 Å². The van der Waals surface area contributed by atoms with Crippen LogP contribution in [0.3, 0.4) is 0 Å². The summed E-state index contributed by atoms with van der Waals surface area (Å²) in [6, 6.07) is 6.85. The number of urea groups is 1. The van der Waals surface area contributed by atoms with Crippen LogP contribution in [0.4, 0.5) is 15.6 Å². The van der Waals surface area contributed by atoms with Gasteiger partial charge in [-0.1, -0.05) is 13.8 Å². The molecule has 1 saturated heterocycles. The number of carbonyl (C=O) groups excluding carboxylic acids is 2. The second-order valence-electron chi connectivity index (χ2n) is 6.90. The molecule has 1 aliphatic heterocycles. The number of nitrogens with zero attached hydrogens (tertiary/aromatic N) is 3. The molecule has 1 aliphatic rings. The fourth-order valence-corrected chi connectivity index (χ4v) is 3.48. The summed E-state index contributed by atoms with van der Waals surface area (Å²) < 4.78 is 0. The van der Waals surface area contributed by atoms with Gasteiger partial charge in [0.1, 0.15) is 0 Å². The zero-order chi connectivity index (χ0) is 19.2. The fraction of sp³-hybridized carbons (Fsp3) is 0.421. The predicted molar refractivity (Wildman–Crippen MR) is 109 cm³/mol. The van der Waals surface area contributed by atoms with Crippen LogP contribution in [0.15, 0.2) is 35.8 Å². The molecule has 0 radical (unpaired) electrons. The van der Waals surface area contributed by atoms with E-state index in [1.54, 1.807) is 46.7 Å². The van der Waals surface area contributed by atoms with E-state index in [9.17, 15) is 9.59 Å². The zero-order valence-electron chi connectivity index (χ0n) is 15.6. The number of nitrogens with one attached hydrogen (secondary N) is 2. The number of anilines is 2. The van der Waals surface area contributed by atoms with Gasteiger partial charge in [0.25, 0.3) is 5.91 Å². The maximum atomic E-state index is 12.5. The Bertz CT molecular complexity index is 753. The lowest BCUT2D eigenvalue weighted by molar-refractivity contribution is 0.0949. The van der Waals surface area contributed by atoms with Crippen LogP contribution < -0.4 is 15.5 Å². The number of amides is 3. The summed E-state index contributed by atoms with van der Waals surface area (Å²) in [7, 11) is 0. The summed E-state index contributed by atoms with van der Waals surface area (Å²) in [5, 5.41) is 8.74. The molecule has 2 heterocycles. The van der Waals surface area contributed by atoms with Gasteiger partial charge >= 0.3 is 6.03 Å². The molecule has 2 aromatic rings. The predicted octanol–water partition coefficient (Wildman–Crippen LogP) is 2.88. The SMILES string of the molecule is CC(C)CNC(=O)c1ccc(NC(=O)N2CCN(c3nccs3)CC2)cc1. The Morgan fingerprint density at radius 2 is 1.85 bits per heavy atom. The second kappa shape index (κ2) is 8.85. The van der Waals surface area contributed by atoms with Gasteiger partial charge in [0.2, 0.25) is 0 Å². The van der Waals surface area contributed by atoms with Gasteiger partial charge in [0.05, 0.1) is 0 Å². The van der Waals surface area contributed by atoms with Crippen molar-refractivity contribution >= 4 is 34.1 Å². The molecule has 1 fully saturated rings. The average Bonchev–Trinajstić information content (AvgIpc) is 3.21. The summed E-state index contributed by atoms with van der Waals surface area (Å²) >= 11 is 1.61. The van der Waals surface area contributed by atoms with Crippen LogP contribution >= 0.6 is 11.3 Å². The maximum Gasteiger partial charge on any atom is 0.321 e. The lowest BCUT2D eigenvalue weighted by Gasteiger charge is -2.34. The minimum Gasteiger partial charge on any atom is -0.352 e. The summed E-state index contributed by atoms with van der Waals surface area (Å²) in [6.07, 6.45) is 1.80. The number of benzene rings is 1. The van der Waals surface area contributed by atoms with Crippen LogP contribution in [0.2, 0.25) is 0 Å². The lowest BCUT2D eigenvalue weighted by Crippen LogP contribution is -2.50. The third-order valence-electron chi connectivity index (χ3n) is 4.33. The first-order valence-corrected chi connectivity index (χ1v) is 9.99. The molecule has 7 nitrogen and oxygen atoms in total. The summed E-state index contributed by atoms with van der Waals surface area (Å²) in [4.78, 5) is 32.8. The molecule has 1 aromatic carbocycles. The highest BCUT2D eigenvalue weighted by Gasteiger charge is 2.22. The van der Waals surface area contributed by atoms with Crippen LogP contribution in [0.5, 0.6) is 0 Å². The average molecular weight is 388 g/mol. The highest BCUT2D eigenvalue weighted by Crippen LogP contribution is 2.19. The van der Waals surface area contributed by atoms with E-state index >= 15 is 0 Å². The van der Waals surface area contributed by atoms with E-state index in [1.807, 2.05) is 5.38 Å². The molecular formula is C19H25N5O2S. The van der Waals surface area contributed by atoms with Gasteiger partial charge in [0, 0.05) is 55.6 Å². The van der Waals surface area contributed by atoms with Gasteiger partial charge in [-0.05, 0) is 30.2 Å². The van der Waals surface area contributed by atoms with Crippen molar-refractivity contribution in [2.24, 2.45) is 5.92 Å². The highest BCUT2D eigenvalue weighted by atomic mass is 32.1. The number of piperazine rings is 1. The molecule has 0 atom stereocenters. The van der Waals surface area contributed by atoms with Crippen LogP contribution in [0.25, 0.3) is 0 Å². The second-order valence-corrected chi connectivity index (χ2v) is 7.77. The number of aromatic nitrogens is 1. The summed E-state index contributed by atoms with van der Waals surface area (Å²) in [5.74, 6) is 0.309. The van der Waals surface area contributed by atoms with Gasteiger partial charge in [-0.2, -0.15) is 0 Å². The van der Waals surface area contributed by atoms with Gasteiger partial charge in [0.15, 0.2) is 5.13 Å². The molecule has 0 aliphatic carbocycles. The van der Waals surface area contributed by atoms with Crippen molar-refractivity contribution < 1.29 is 9.59 Å². The van der Waals surface area contributed by atoms with E-state index in [0.29, 0.717) is 36.8 Å². The Kier molecular flexibility index (Phi) is 6.28. The van der Waals surface area contributed by atoms with E-state index < -0.39 is 0 Å². The van der Waals surface area contributed by atoms with Gasteiger partial charge < -0.3 is 20.4 Å². The topological polar surface area (TPSA) is 77.6 Å². The normalized spacial score (nSPS) is 14.3. The Labute approximate surface area is 163 Å². The van der Waals surface area contributed by atoms with E-state index in [-0.39, 0.29) is 11.9 Å². The van der Waals surface area contributed by atoms with Crippen LogP contribution in [-0.4, -0.2) is 54.5 Å². The highest BCUT2D eigenvalue weighted by molar-refractivity contribution is 7.13. The number of hydrogen-bond acceptors (Lipinski definition) is 5. The minimum absolute atomic E-state index is 0.0973. The molecule has 27 heavy (non-hydrogen) atoms. The maximum absolute atomic E-state index is 12.5. The minimum atomic E-state index is -0.120. The van der Waals surface area contributed by atoms with Gasteiger partial charge in [-0.15, -0.1) is 11.3 Å². The molecule has 3 amide bonds. The van der Waals surface area contributed by atoms with Gasteiger partial charge in [-0.3, -0.25) is 4.79 Å². The Balaban J connectivity index is 1.49. The largest absolute Gasteiger partial charge is 0.352 e. The van der Waals surface area contributed by atoms with Gasteiger partial charge in [-0.25, -0.2) is 9.78 Å². The molecule has 2 N–H and O–H groups in total. The number of carbonyl (C=O) groups is 2. The Hall–Kier alpha value is -2.61. The Morgan fingerprint density at radius 1 is 1.15 bits per heavy atom. The molecular weight excluding hydrogens is 362 g/mol. The zero-order valence-corrected chi connectivity index (χ0v) is 16.5. The summed E-state index contributed by atoms with van der Waals surface area (Å²) in [5.41, 5.74) is 1.27. The monoisotopic (exact) mass is 387 g/mol. The first-order valence-electron chi connectivity index (χ1n) is 9.11. The third-order valence-corrected chi connectivity index (χ3v) is 5.16. The van der Waals surface area contributed by atoms with Crippen molar-refractivity contribution in [3.05, 3.63) is 41.4 Å². The van der Waals surface area contributed by atoms with Crippen molar-refractivity contribution in [2.75, 3.05) is 42.9 Å². The van der Waals surface area contributed by atoms with Crippen LogP contribution in [0.1, 0.15) is 24.2 Å². The molecule has 0 saturated carbocycles. The Morgan fingerprint density at radius 3 is 2.44 bits per heavy atom. The van der Waals surface area contributed by atoms with E-state index in [0.717, 1.165) is 18.2 Å². The number of hydrogen-bond donors (Lipinski definition) is 2. The first-order chi connectivity index (χ1) is 13.0. The number of rotatable bonds is 5. The van der Waals surface area contributed by atoms with Crippen molar-refractivity contribution in [2.45, 2.75) is 13.8 Å². The molecule has 144 valence electrons. The van der Waals surface area contributed by atoms with E-state index in [4.69, 9.17) is 0 Å². The molecule has 3 rings (SSSR count). The van der Waals surface area contributed by atoms with E-state index in [2.05, 4.69) is 34.4 Å². The fourth-order valence-electron chi connectivity index (χ4n) is 2.78.